The third-order valence-electron chi connectivity index (χ3n) is 2.14. The number of rotatable bonds is 1. The summed E-state index contributed by atoms with van der Waals surface area (Å²) >= 11 is 5.94. The van der Waals surface area contributed by atoms with Crippen LogP contribution in [-0.4, -0.2) is 4.98 Å². The molecule has 0 bridgehead atoms. The van der Waals surface area contributed by atoms with Gasteiger partial charge in [0.05, 0.1) is 0 Å². The van der Waals surface area contributed by atoms with E-state index in [-0.39, 0.29) is 0 Å². The molecule has 0 radical (unpaired) electrons. The molecule has 0 aliphatic carbocycles. The Kier molecular flexibility index (Phi) is 2.14. The van der Waals surface area contributed by atoms with Crippen molar-refractivity contribution < 1.29 is 0 Å². The second-order valence-corrected chi connectivity index (χ2v) is 3.34. The SMILES string of the molecule is C=Cc1c(Cl)ncc2cccc(N)c12. The first-order valence-electron chi connectivity index (χ1n) is 4.19. The summed E-state index contributed by atoms with van der Waals surface area (Å²) in [6.45, 7) is 3.70. The Hall–Kier alpha value is -1.54. The molecule has 0 spiro atoms. The lowest BCUT2D eigenvalue weighted by atomic mass is 10.1. The van der Waals surface area contributed by atoms with E-state index in [1.165, 1.54) is 0 Å². The van der Waals surface area contributed by atoms with E-state index < -0.39 is 0 Å². The van der Waals surface area contributed by atoms with Gasteiger partial charge in [-0.2, -0.15) is 0 Å². The molecule has 0 aliphatic heterocycles. The van der Waals surface area contributed by atoms with Gasteiger partial charge < -0.3 is 5.73 Å². The van der Waals surface area contributed by atoms with Crippen molar-refractivity contribution in [1.29, 1.82) is 0 Å². The van der Waals surface area contributed by atoms with Gasteiger partial charge in [0.25, 0.3) is 0 Å². The van der Waals surface area contributed by atoms with Gasteiger partial charge >= 0.3 is 0 Å². The lowest BCUT2D eigenvalue weighted by Gasteiger charge is -2.06. The smallest absolute Gasteiger partial charge is 0.136 e. The van der Waals surface area contributed by atoms with Gasteiger partial charge in [0.2, 0.25) is 0 Å². The minimum absolute atomic E-state index is 0.436. The van der Waals surface area contributed by atoms with Crippen molar-refractivity contribution in [3.05, 3.63) is 41.7 Å². The van der Waals surface area contributed by atoms with E-state index >= 15 is 0 Å². The zero-order valence-corrected chi connectivity index (χ0v) is 8.25. The average molecular weight is 205 g/mol. The predicted molar refractivity (Wildman–Crippen MR) is 61.3 cm³/mol. The van der Waals surface area contributed by atoms with Crippen LogP contribution in [0.2, 0.25) is 5.15 Å². The van der Waals surface area contributed by atoms with Crippen LogP contribution >= 0.6 is 11.6 Å². The molecule has 3 heteroatoms. The largest absolute Gasteiger partial charge is 0.398 e. The lowest BCUT2D eigenvalue weighted by Crippen LogP contribution is -1.91. The average Bonchev–Trinajstić information content (AvgIpc) is 2.19. The monoisotopic (exact) mass is 204 g/mol. The molecular formula is C11H9ClN2. The fourth-order valence-corrected chi connectivity index (χ4v) is 1.71. The summed E-state index contributed by atoms with van der Waals surface area (Å²) in [7, 11) is 0. The number of pyridine rings is 1. The molecule has 0 fully saturated rings. The molecule has 0 unspecified atom stereocenters. The molecule has 0 aliphatic rings. The molecule has 0 amide bonds. The van der Waals surface area contributed by atoms with Gasteiger partial charge in [-0.1, -0.05) is 36.4 Å². The van der Waals surface area contributed by atoms with Gasteiger partial charge in [-0.05, 0) is 6.07 Å². The van der Waals surface area contributed by atoms with Crippen LogP contribution in [0.15, 0.2) is 31.0 Å². The Balaban J connectivity index is 2.98. The van der Waals surface area contributed by atoms with Crippen molar-refractivity contribution in [2.45, 2.75) is 0 Å². The minimum atomic E-state index is 0.436. The fourth-order valence-electron chi connectivity index (χ4n) is 1.49. The standard InChI is InChI=1S/C11H9ClN2/c1-2-8-10-7(6-14-11(8)12)4-3-5-9(10)13/h2-6H,1,13H2. The van der Waals surface area contributed by atoms with Gasteiger partial charge in [-0.3, -0.25) is 0 Å². The summed E-state index contributed by atoms with van der Waals surface area (Å²) in [6.07, 6.45) is 3.38. The van der Waals surface area contributed by atoms with E-state index in [9.17, 15) is 0 Å². The van der Waals surface area contributed by atoms with Crippen molar-refractivity contribution in [2.75, 3.05) is 5.73 Å². The molecule has 1 heterocycles. The van der Waals surface area contributed by atoms with Crippen LogP contribution in [0, 0.1) is 0 Å². The Bertz CT molecular complexity index is 506. The van der Waals surface area contributed by atoms with Crippen LogP contribution in [0.3, 0.4) is 0 Å². The van der Waals surface area contributed by atoms with Crippen LogP contribution < -0.4 is 5.73 Å². The molecule has 2 N–H and O–H groups in total. The van der Waals surface area contributed by atoms with Crippen molar-refractivity contribution in [3.63, 3.8) is 0 Å². The van der Waals surface area contributed by atoms with Gasteiger partial charge in [-0.25, -0.2) is 4.98 Å². The second kappa shape index (κ2) is 3.31. The van der Waals surface area contributed by atoms with Crippen LogP contribution in [0.1, 0.15) is 5.56 Å². The maximum atomic E-state index is 5.94. The molecule has 0 saturated carbocycles. The number of fused-ring (bicyclic) bond motifs is 1. The molecule has 14 heavy (non-hydrogen) atoms. The number of nitrogens with two attached hydrogens (primary N) is 1. The minimum Gasteiger partial charge on any atom is -0.398 e. The van der Waals surface area contributed by atoms with E-state index in [2.05, 4.69) is 11.6 Å². The van der Waals surface area contributed by atoms with E-state index in [0.29, 0.717) is 10.8 Å². The zero-order valence-electron chi connectivity index (χ0n) is 7.50. The molecule has 1 aromatic carbocycles. The number of hydrogen-bond donors (Lipinski definition) is 1. The predicted octanol–water partition coefficient (Wildman–Crippen LogP) is 3.11. The van der Waals surface area contributed by atoms with Crippen molar-refractivity contribution in [3.8, 4) is 0 Å². The summed E-state index contributed by atoms with van der Waals surface area (Å²) < 4.78 is 0. The summed E-state index contributed by atoms with van der Waals surface area (Å²) in [5.41, 5.74) is 7.36. The highest BCUT2D eigenvalue weighted by Crippen LogP contribution is 2.29. The van der Waals surface area contributed by atoms with Crippen LogP contribution in [0.25, 0.3) is 16.8 Å². The third-order valence-corrected chi connectivity index (χ3v) is 2.44. The molecule has 0 saturated heterocycles. The summed E-state index contributed by atoms with van der Waals surface area (Å²) in [5, 5.41) is 2.33. The lowest BCUT2D eigenvalue weighted by molar-refractivity contribution is 1.35. The van der Waals surface area contributed by atoms with Gasteiger partial charge in [-0.15, -0.1) is 0 Å². The normalized spacial score (nSPS) is 10.4. The third kappa shape index (κ3) is 1.24. The fraction of sp³-hybridized carbons (Fsp3) is 0. The highest BCUT2D eigenvalue weighted by Gasteiger charge is 2.06. The number of nitrogen functional groups attached to an aromatic ring is 1. The first-order valence-corrected chi connectivity index (χ1v) is 4.57. The number of aromatic nitrogens is 1. The van der Waals surface area contributed by atoms with E-state index in [1.54, 1.807) is 12.3 Å². The topological polar surface area (TPSA) is 38.9 Å². The second-order valence-electron chi connectivity index (χ2n) is 2.98. The van der Waals surface area contributed by atoms with Crippen molar-refractivity contribution in [1.82, 2.24) is 4.98 Å². The highest BCUT2D eigenvalue weighted by atomic mass is 35.5. The molecular weight excluding hydrogens is 196 g/mol. The number of halogens is 1. The maximum absolute atomic E-state index is 5.94. The molecule has 2 aromatic rings. The number of nitrogens with zero attached hydrogens (tertiary/aromatic N) is 1. The Morgan fingerprint density at radius 3 is 2.93 bits per heavy atom. The Labute approximate surface area is 87.0 Å². The maximum Gasteiger partial charge on any atom is 0.136 e. The molecule has 2 rings (SSSR count). The van der Waals surface area contributed by atoms with E-state index in [1.807, 2.05) is 18.2 Å². The van der Waals surface area contributed by atoms with Crippen molar-refractivity contribution >= 4 is 34.1 Å². The zero-order chi connectivity index (χ0) is 10.1. The quantitative estimate of drug-likeness (QED) is 0.573. The molecule has 70 valence electrons. The Morgan fingerprint density at radius 1 is 1.43 bits per heavy atom. The van der Waals surface area contributed by atoms with Gasteiger partial charge in [0.1, 0.15) is 5.15 Å². The first kappa shape index (κ1) is 9.03. The number of benzene rings is 1. The van der Waals surface area contributed by atoms with Crippen LogP contribution in [-0.2, 0) is 0 Å². The number of hydrogen-bond acceptors (Lipinski definition) is 2. The summed E-state index contributed by atoms with van der Waals surface area (Å²) in [5.74, 6) is 0. The summed E-state index contributed by atoms with van der Waals surface area (Å²) in [6, 6.07) is 5.67. The van der Waals surface area contributed by atoms with E-state index in [4.69, 9.17) is 17.3 Å². The molecule has 0 atom stereocenters. The highest BCUT2D eigenvalue weighted by molar-refractivity contribution is 6.32. The summed E-state index contributed by atoms with van der Waals surface area (Å²) in [4.78, 5) is 4.06. The van der Waals surface area contributed by atoms with Crippen molar-refractivity contribution in [2.24, 2.45) is 0 Å². The number of anilines is 1. The van der Waals surface area contributed by atoms with E-state index in [0.717, 1.165) is 16.3 Å². The van der Waals surface area contributed by atoms with Crippen LogP contribution in [0.5, 0.6) is 0 Å². The van der Waals surface area contributed by atoms with Gasteiger partial charge in [0, 0.05) is 28.2 Å². The van der Waals surface area contributed by atoms with Crippen LogP contribution in [0.4, 0.5) is 5.69 Å². The Morgan fingerprint density at radius 2 is 2.21 bits per heavy atom. The molecule has 1 aromatic heterocycles. The van der Waals surface area contributed by atoms with Gasteiger partial charge in [0.15, 0.2) is 0 Å². The first-order chi connectivity index (χ1) is 6.74. The molecule has 2 nitrogen and oxygen atoms in total.